The summed E-state index contributed by atoms with van der Waals surface area (Å²) in [6.07, 6.45) is 2.42. The molecule has 92 valence electrons. The first-order valence-electron chi connectivity index (χ1n) is 6.24. The summed E-state index contributed by atoms with van der Waals surface area (Å²) in [5.74, 6) is 0.0741. The molecule has 0 saturated heterocycles. The van der Waals surface area contributed by atoms with E-state index in [2.05, 4.69) is 41.8 Å². The number of rotatable bonds is 5. The molecule has 0 spiro atoms. The third-order valence-corrected chi connectivity index (χ3v) is 3.08. The third kappa shape index (κ3) is 3.86. The van der Waals surface area contributed by atoms with E-state index in [0.717, 1.165) is 5.56 Å². The SMILES string of the molecule is Cc1ccc([C@@H](C)NC(=O)CNC2CC2)cc1. The third-order valence-electron chi connectivity index (χ3n) is 3.08. The number of amides is 1. The fraction of sp³-hybridized carbons (Fsp3) is 0.500. The monoisotopic (exact) mass is 232 g/mol. The van der Waals surface area contributed by atoms with Crippen LogP contribution in [0.2, 0.25) is 0 Å². The van der Waals surface area contributed by atoms with Gasteiger partial charge in [0.15, 0.2) is 0 Å². The average Bonchev–Trinajstić information content (AvgIpc) is 3.11. The van der Waals surface area contributed by atoms with Crippen molar-refractivity contribution >= 4 is 5.91 Å². The molecule has 1 amide bonds. The highest BCUT2D eigenvalue weighted by molar-refractivity contribution is 5.78. The van der Waals surface area contributed by atoms with Crippen molar-refractivity contribution in [1.29, 1.82) is 0 Å². The molecule has 0 aliphatic heterocycles. The van der Waals surface area contributed by atoms with E-state index in [1.54, 1.807) is 0 Å². The van der Waals surface area contributed by atoms with Crippen molar-refractivity contribution in [1.82, 2.24) is 10.6 Å². The fourth-order valence-electron chi connectivity index (χ4n) is 1.76. The highest BCUT2D eigenvalue weighted by atomic mass is 16.1. The standard InChI is InChI=1S/C14H20N2O/c1-10-3-5-12(6-4-10)11(2)16-14(17)9-15-13-7-8-13/h3-6,11,13,15H,7-9H2,1-2H3,(H,16,17)/t11-/m1/s1. The van der Waals surface area contributed by atoms with Crippen molar-refractivity contribution in [2.45, 2.75) is 38.8 Å². The average molecular weight is 232 g/mol. The maximum atomic E-state index is 11.7. The second-order valence-electron chi connectivity index (χ2n) is 4.86. The van der Waals surface area contributed by atoms with Gasteiger partial charge in [0.2, 0.25) is 5.91 Å². The molecule has 1 saturated carbocycles. The zero-order valence-electron chi connectivity index (χ0n) is 10.5. The lowest BCUT2D eigenvalue weighted by atomic mass is 10.1. The van der Waals surface area contributed by atoms with Crippen LogP contribution in [0.5, 0.6) is 0 Å². The van der Waals surface area contributed by atoms with Crippen LogP contribution >= 0.6 is 0 Å². The largest absolute Gasteiger partial charge is 0.348 e. The topological polar surface area (TPSA) is 41.1 Å². The molecule has 0 bridgehead atoms. The number of carbonyl (C=O) groups is 1. The molecule has 1 aliphatic rings. The number of hydrogen-bond acceptors (Lipinski definition) is 2. The molecule has 0 heterocycles. The molecule has 17 heavy (non-hydrogen) atoms. The van der Waals surface area contributed by atoms with Crippen molar-refractivity contribution in [2.24, 2.45) is 0 Å². The Morgan fingerprint density at radius 2 is 2.00 bits per heavy atom. The Kier molecular flexibility index (Phi) is 3.79. The second-order valence-corrected chi connectivity index (χ2v) is 4.86. The molecular formula is C14H20N2O. The fourth-order valence-corrected chi connectivity index (χ4v) is 1.76. The van der Waals surface area contributed by atoms with E-state index in [0.29, 0.717) is 12.6 Å². The van der Waals surface area contributed by atoms with Crippen LogP contribution in [0.4, 0.5) is 0 Å². The molecule has 0 unspecified atom stereocenters. The minimum Gasteiger partial charge on any atom is -0.348 e. The molecule has 3 nitrogen and oxygen atoms in total. The summed E-state index contributed by atoms with van der Waals surface area (Å²) in [4.78, 5) is 11.7. The first-order valence-corrected chi connectivity index (χ1v) is 6.24. The normalized spacial score (nSPS) is 16.6. The molecule has 2 rings (SSSR count). The molecule has 0 radical (unpaired) electrons. The predicted molar refractivity (Wildman–Crippen MR) is 68.8 cm³/mol. The molecular weight excluding hydrogens is 212 g/mol. The minimum absolute atomic E-state index is 0.0732. The van der Waals surface area contributed by atoms with Crippen LogP contribution in [0.15, 0.2) is 24.3 Å². The Morgan fingerprint density at radius 1 is 1.35 bits per heavy atom. The molecule has 2 N–H and O–H groups in total. The number of hydrogen-bond donors (Lipinski definition) is 2. The summed E-state index contributed by atoms with van der Waals surface area (Å²) in [6.45, 7) is 4.51. The van der Waals surface area contributed by atoms with Gasteiger partial charge in [0.25, 0.3) is 0 Å². The minimum atomic E-state index is 0.0732. The van der Waals surface area contributed by atoms with E-state index in [1.807, 2.05) is 6.92 Å². The van der Waals surface area contributed by atoms with Gasteiger partial charge in [0.05, 0.1) is 12.6 Å². The Morgan fingerprint density at radius 3 is 2.59 bits per heavy atom. The highest BCUT2D eigenvalue weighted by Crippen LogP contribution is 2.18. The van der Waals surface area contributed by atoms with Crippen LogP contribution in [-0.2, 0) is 4.79 Å². The highest BCUT2D eigenvalue weighted by Gasteiger charge is 2.21. The Hall–Kier alpha value is -1.35. The molecule has 0 aromatic heterocycles. The summed E-state index contributed by atoms with van der Waals surface area (Å²) < 4.78 is 0. The summed E-state index contributed by atoms with van der Waals surface area (Å²) in [5.41, 5.74) is 2.39. The van der Waals surface area contributed by atoms with Gasteiger partial charge < -0.3 is 10.6 Å². The van der Waals surface area contributed by atoms with Crippen molar-refractivity contribution < 1.29 is 4.79 Å². The van der Waals surface area contributed by atoms with Crippen LogP contribution in [0.25, 0.3) is 0 Å². The van der Waals surface area contributed by atoms with Crippen LogP contribution in [-0.4, -0.2) is 18.5 Å². The van der Waals surface area contributed by atoms with E-state index in [-0.39, 0.29) is 11.9 Å². The van der Waals surface area contributed by atoms with Gasteiger partial charge in [-0.2, -0.15) is 0 Å². The van der Waals surface area contributed by atoms with Crippen LogP contribution in [0.1, 0.15) is 36.9 Å². The molecule has 1 aromatic carbocycles. The number of nitrogens with one attached hydrogen (secondary N) is 2. The quantitative estimate of drug-likeness (QED) is 0.814. The Bertz CT molecular complexity index is 382. The smallest absolute Gasteiger partial charge is 0.234 e. The van der Waals surface area contributed by atoms with E-state index >= 15 is 0 Å². The number of benzene rings is 1. The van der Waals surface area contributed by atoms with Crippen molar-refractivity contribution in [2.75, 3.05) is 6.54 Å². The molecule has 1 fully saturated rings. The van der Waals surface area contributed by atoms with Gasteiger partial charge >= 0.3 is 0 Å². The lowest BCUT2D eigenvalue weighted by Gasteiger charge is -2.14. The lowest BCUT2D eigenvalue weighted by molar-refractivity contribution is -0.120. The van der Waals surface area contributed by atoms with Crippen LogP contribution in [0, 0.1) is 6.92 Å². The summed E-state index contributed by atoms with van der Waals surface area (Å²) in [7, 11) is 0. The maximum Gasteiger partial charge on any atom is 0.234 e. The van der Waals surface area contributed by atoms with Gasteiger partial charge in [0, 0.05) is 6.04 Å². The molecule has 3 heteroatoms. The van der Waals surface area contributed by atoms with Crippen molar-refractivity contribution in [3.8, 4) is 0 Å². The van der Waals surface area contributed by atoms with Crippen LogP contribution in [0.3, 0.4) is 0 Å². The van der Waals surface area contributed by atoms with E-state index < -0.39 is 0 Å². The zero-order valence-corrected chi connectivity index (χ0v) is 10.5. The maximum absolute atomic E-state index is 11.7. The van der Waals surface area contributed by atoms with Crippen molar-refractivity contribution in [3.05, 3.63) is 35.4 Å². The van der Waals surface area contributed by atoms with Gasteiger partial charge in [-0.15, -0.1) is 0 Å². The van der Waals surface area contributed by atoms with E-state index in [1.165, 1.54) is 18.4 Å². The van der Waals surface area contributed by atoms with Gasteiger partial charge in [-0.05, 0) is 32.3 Å². The van der Waals surface area contributed by atoms with Gasteiger partial charge in [-0.25, -0.2) is 0 Å². The van der Waals surface area contributed by atoms with Crippen molar-refractivity contribution in [3.63, 3.8) is 0 Å². The van der Waals surface area contributed by atoms with E-state index in [4.69, 9.17) is 0 Å². The molecule has 1 aromatic rings. The lowest BCUT2D eigenvalue weighted by Crippen LogP contribution is -2.36. The first kappa shape index (κ1) is 12.1. The van der Waals surface area contributed by atoms with Crippen LogP contribution < -0.4 is 10.6 Å². The zero-order chi connectivity index (χ0) is 12.3. The summed E-state index contributed by atoms with van der Waals surface area (Å²) in [6, 6.07) is 8.92. The molecule has 1 aliphatic carbocycles. The van der Waals surface area contributed by atoms with Gasteiger partial charge in [-0.1, -0.05) is 29.8 Å². The first-order chi connectivity index (χ1) is 8.15. The number of carbonyl (C=O) groups excluding carboxylic acids is 1. The van der Waals surface area contributed by atoms with Gasteiger partial charge in [-0.3, -0.25) is 4.79 Å². The second kappa shape index (κ2) is 5.32. The number of aryl methyl sites for hydroxylation is 1. The summed E-state index contributed by atoms with van der Waals surface area (Å²) in [5, 5.41) is 6.21. The Labute approximate surface area is 103 Å². The summed E-state index contributed by atoms with van der Waals surface area (Å²) >= 11 is 0. The predicted octanol–water partition coefficient (Wildman–Crippen LogP) is 1.92. The Balaban J connectivity index is 1.80. The van der Waals surface area contributed by atoms with E-state index in [9.17, 15) is 4.79 Å². The van der Waals surface area contributed by atoms with Gasteiger partial charge in [0.1, 0.15) is 0 Å². The molecule has 1 atom stereocenters.